The van der Waals surface area contributed by atoms with E-state index in [1.807, 2.05) is 30.3 Å². The monoisotopic (exact) mass is 241 g/mol. The van der Waals surface area contributed by atoms with Gasteiger partial charge in [-0.15, -0.1) is 0 Å². The van der Waals surface area contributed by atoms with Crippen LogP contribution in [0.5, 0.6) is 0 Å². The SMILES string of the molecule is NCc1cccc(C(=O)NCc2ccccn2)c1. The Morgan fingerprint density at radius 3 is 2.83 bits per heavy atom. The van der Waals surface area contributed by atoms with Crippen molar-refractivity contribution >= 4 is 5.91 Å². The van der Waals surface area contributed by atoms with Gasteiger partial charge in [0.1, 0.15) is 0 Å². The number of amides is 1. The summed E-state index contributed by atoms with van der Waals surface area (Å²) in [7, 11) is 0. The molecular formula is C14H15N3O. The minimum absolute atomic E-state index is 0.115. The first-order valence-corrected chi connectivity index (χ1v) is 5.76. The predicted octanol–water partition coefficient (Wildman–Crippen LogP) is 1.47. The van der Waals surface area contributed by atoms with E-state index in [1.54, 1.807) is 18.3 Å². The van der Waals surface area contributed by atoms with E-state index >= 15 is 0 Å². The molecule has 4 nitrogen and oxygen atoms in total. The molecule has 2 rings (SSSR count). The number of pyridine rings is 1. The Morgan fingerprint density at radius 1 is 1.22 bits per heavy atom. The maximum Gasteiger partial charge on any atom is 0.251 e. The van der Waals surface area contributed by atoms with Crippen LogP contribution in [-0.4, -0.2) is 10.9 Å². The average molecular weight is 241 g/mol. The summed E-state index contributed by atoms with van der Waals surface area (Å²) in [5.74, 6) is -0.115. The Balaban J connectivity index is 1.99. The quantitative estimate of drug-likeness (QED) is 0.851. The largest absolute Gasteiger partial charge is 0.346 e. The maximum absolute atomic E-state index is 11.9. The second kappa shape index (κ2) is 5.93. The van der Waals surface area contributed by atoms with Gasteiger partial charge in [0.25, 0.3) is 5.91 Å². The lowest BCUT2D eigenvalue weighted by molar-refractivity contribution is 0.0950. The molecule has 0 unspecified atom stereocenters. The molecular weight excluding hydrogens is 226 g/mol. The van der Waals surface area contributed by atoms with Crippen molar-refractivity contribution in [3.05, 3.63) is 65.5 Å². The van der Waals surface area contributed by atoms with Crippen LogP contribution in [0.15, 0.2) is 48.7 Å². The number of carbonyl (C=O) groups is 1. The molecule has 1 heterocycles. The highest BCUT2D eigenvalue weighted by molar-refractivity contribution is 5.94. The van der Waals surface area contributed by atoms with Gasteiger partial charge in [0.2, 0.25) is 0 Å². The Hall–Kier alpha value is -2.20. The average Bonchev–Trinajstić information content (AvgIpc) is 2.46. The Labute approximate surface area is 106 Å². The van der Waals surface area contributed by atoms with E-state index in [1.165, 1.54) is 0 Å². The van der Waals surface area contributed by atoms with Crippen LogP contribution < -0.4 is 11.1 Å². The summed E-state index contributed by atoms with van der Waals surface area (Å²) in [6, 6.07) is 12.9. The summed E-state index contributed by atoms with van der Waals surface area (Å²) >= 11 is 0. The van der Waals surface area contributed by atoms with Crippen LogP contribution in [0.1, 0.15) is 21.6 Å². The molecule has 0 saturated heterocycles. The van der Waals surface area contributed by atoms with E-state index in [0.717, 1.165) is 11.3 Å². The third-order valence-electron chi connectivity index (χ3n) is 2.58. The molecule has 0 spiro atoms. The number of hydrogen-bond donors (Lipinski definition) is 2. The number of nitrogens with two attached hydrogens (primary N) is 1. The first kappa shape index (κ1) is 12.3. The molecule has 0 aliphatic heterocycles. The number of nitrogens with zero attached hydrogens (tertiary/aromatic N) is 1. The molecule has 0 saturated carbocycles. The van der Waals surface area contributed by atoms with Gasteiger partial charge >= 0.3 is 0 Å². The summed E-state index contributed by atoms with van der Waals surface area (Å²) in [5.41, 5.74) is 7.94. The fourth-order valence-electron chi connectivity index (χ4n) is 1.62. The second-order valence-electron chi connectivity index (χ2n) is 3.91. The molecule has 0 aliphatic rings. The van der Waals surface area contributed by atoms with E-state index in [9.17, 15) is 4.79 Å². The fourth-order valence-corrected chi connectivity index (χ4v) is 1.62. The molecule has 0 radical (unpaired) electrons. The van der Waals surface area contributed by atoms with E-state index in [2.05, 4.69) is 10.3 Å². The minimum Gasteiger partial charge on any atom is -0.346 e. The normalized spacial score (nSPS) is 10.1. The van der Waals surface area contributed by atoms with Crippen LogP contribution >= 0.6 is 0 Å². The maximum atomic E-state index is 11.9. The lowest BCUT2D eigenvalue weighted by Gasteiger charge is -2.05. The molecule has 1 aromatic heterocycles. The molecule has 0 fully saturated rings. The first-order chi connectivity index (χ1) is 8.79. The van der Waals surface area contributed by atoms with Gasteiger partial charge in [-0.05, 0) is 29.8 Å². The van der Waals surface area contributed by atoms with Gasteiger partial charge in [-0.3, -0.25) is 9.78 Å². The van der Waals surface area contributed by atoms with Crippen molar-refractivity contribution in [1.29, 1.82) is 0 Å². The Morgan fingerprint density at radius 2 is 2.11 bits per heavy atom. The molecule has 92 valence electrons. The van der Waals surface area contributed by atoms with Gasteiger partial charge in [0.15, 0.2) is 0 Å². The second-order valence-corrected chi connectivity index (χ2v) is 3.91. The van der Waals surface area contributed by atoms with Crippen LogP contribution in [0.25, 0.3) is 0 Å². The van der Waals surface area contributed by atoms with E-state index in [4.69, 9.17) is 5.73 Å². The van der Waals surface area contributed by atoms with E-state index in [-0.39, 0.29) is 5.91 Å². The van der Waals surface area contributed by atoms with E-state index < -0.39 is 0 Å². The lowest BCUT2D eigenvalue weighted by atomic mass is 10.1. The molecule has 0 bridgehead atoms. The van der Waals surface area contributed by atoms with E-state index in [0.29, 0.717) is 18.7 Å². The van der Waals surface area contributed by atoms with Crippen molar-refractivity contribution in [1.82, 2.24) is 10.3 Å². The number of nitrogens with one attached hydrogen (secondary N) is 1. The van der Waals surface area contributed by atoms with Gasteiger partial charge in [0.05, 0.1) is 12.2 Å². The highest BCUT2D eigenvalue weighted by Gasteiger charge is 2.05. The summed E-state index contributed by atoms with van der Waals surface area (Å²) < 4.78 is 0. The molecule has 2 aromatic rings. The molecule has 0 atom stereocenters. The fraction of sp³-hybridized carbons (Fsp3) is 0.143. The van der Waals surface area contributed by atoms with Crippen LogP contribution in [0.4, 0.5) is 0 Å². The first-order valence-electron chi connectivity index (χ1n) is 5.76. The zero-order valence-electron chi connectivity index (χ0n) is 9.97. The number of hydrogen-bond acceptors (Lipinski definition) is 3. The molecule has 1 aromatic carbocycles. The highest BCUT2D eigenvalue weighted by atomic mass is 16.1. The van der Waals surface area contributed by atoms with Gasteiger partial charge in [-0.25, -0.2) is 0 Å². The van der Waals surface area contributed by atoms with Crippen molar-refractivity contribution in [3.8, 4) is 0 Å². The van der Waals surface area contributed by atoms with Crippen LogP contribution in [0, 0.1) is 0 Å². The summed E-state index contributed by atoms with van der Waals surface area (Å²) in [6.07, 6.45) is 1.70. The van der Waals surface area contributed by atoms with Crippen molar-refractivity contribution in [3.63, 3.8) is 0 Å². The third kappa shape index (κ3) is 3.15. The Kier molecular flexibility index (Phi) is 4.04. The standard InChI is InChI=1S/C14H15N3O/c15-9-11-4-3-5-12(8-11)14(18)17-10-13-6-1-2-7-16-13/h1-8H,9-10,15H2,(H,17,18). The molecule has 0 aliphatic carbocycles. The van der Waals surface area contributed by atoms with Crippen molar-refractivity contribution < 1.29 is 4.79 Å². The number of benzene rings is 1. The van der Waals surface area contributed by atoms with Crippen LogP contribution in [-0.2, 0) is 13.1 Å². The van der Waals surface area contributed by atoms with Gasteiger partial charge in [0, 0.05) is 18.3 Å². The van der Waals surface area contributed by atoms with Crippen molar-refractivity contribution in [2.45, 2.75) is 13.1 Å². The lowest BCUT2D eigenvalue weighted by Crippen LogP contribution is -2.23. The van der Waals surface area contributed by atoms with Gasteiger partial charge < -0.3 is 11.1 Å². The summed E-state index contributed by atoms with van der Waals surface area (Å²) in [4.78, 5) is 16.0. The van der Waals surface area contributed by atoms with Crippen molar-refractivity contribution in [2.75, 3.05) is 0 Å². The van der Waals surface area contributed by atoms with Gasteiger partial charge in [-0.1, -0.05) is 18.2 Å². The number of rotatable bonds is 4. The van der Waals surface area contributed by atoms with Crippen LogP contribution in [0.2, 0.25) is 0 Å². The summed E-state index contributed by atoms with van der Waals surface area (Å²) in [6.45, 7) is 0.855. The highest BCUT2D eigenvalue weighted by Crippen LogP contribution is 2.04. The molecule has 18 heavy (non-hydrogen) atoms. The number of aromatic nitrogens is 1. The zero-order chi connectivity index (χ0) is 12.8. The summed E-state index contributed by atoms with van der Waals surface area (Å²) in [5, 5.41) is 2.82. The zero-order valence-corrected chi connectivity index (χ0v) is 9.97. The minimum atomic E-state index is -0.115. The molecule has 1 amide bonds. The van der Waals surface area contributed by atoms with Gasteiger partial charge in [-0.2, -0.15) is 0 Å². The topological polar surface area (TPSA) is 68.0 Å². The smallest absolute Gasteiger partial charge is 0.251 e. The molecule has 4 heteroatoms. The number of carbonyl (C=O) groups excluding carboxylic acids is 1. The van der Waals surface area contributed by atoms with Crippen LogP contribution in [0.3, 0.4) is 0 Å². The third-order valence-corrected chi connectivity index (χ3v) is 2.58. The molecule has 3 N–H and O–H groups in total. The Bertz CT molecular complexity index is 526. The van der Waals surface area contributed by atoms with Crippen molar-refractivity contribution in [2.24, 2.45) is 5.73 Å². The predicted molar refractivity (Wildman–Crippen MR) is 69.7 cm³/mol.